The van der Waals surface area contributed by atoms with Crippen LogP contribution in [0, 0.1) is 0 Å². The number of ketones is 2. The summed E-state index contributed by atoms with van der Waals surface area (Å²) in [5, 5.41) is 32.0. The van der Waals surface area contributed by atoms with Crippen molar-refractivity contribution in [3.63, 3.8) is 0 Å². The van der Waals surface area contributed by atoms with Gasteiger partial charge in [0.05, 0.1) is 23.8 Å². The minimum atomic E-state index is -1.39. The lowest BCUT2D eigenvalue weighted by Gasteiger charge is -2.40. The zero-order valence-electron chi connectivity index (χ0n) is 16.0. The minimum absolute atomic E-state index is 0.0260. The van der Waals surface area contributed by atoms with E-state index in [0.717, 1.165) is 0 Å². The molecular weight excluding hydrogens is 376 g/mol. The normalized spacial score (nSPS) is 22.5. The summed E-state index contributed by atoms with van der Waals surface area (Å²) in [6.45, 7) is 1.74. The smallest absolute Gasteiger partial charge is 0.316 e. The lowest BCUT2D eigenvalue weighted by atomic mass is 9.68. The van der Waals surface area contributed by atoms with Gasteiger partial charge < -0.3 is 20.1 Å². The monoisotopic (exact) mass is 396 g/mol. The highest BCUT2D eigenvalue weighted by Crippen LogP contribution is 2.48. The van der Waals surface area contributed by atoms with E-state index in [1.807, 2.05) is 0 Å². The third kappa shape index (κ3) is 2.50. The maximum absolute atomic E-state index is 13.1. The maximum Gasteiger partial charge on any atom is 0.316 e. The molecule has 0 aliphatic heterocycles. The summed E-state index contributed by atoms with van der Waals surface area (Å²) < 4.78 is 4.88. The number of phenolic OH excluding ortho intramolecular Hbond substituents is 2. The van der Waals surface area contributed by atoms with Crippen molar-refractivity contribution in [3.8, 4) is 11.5 Å². The number of esters is 1. The summed E-state index contributed by atoms with van der Waals surface area (Å²) in [7, 11) is 1.21. The summed E-state index contributed by atoms with van der Waals surface area (Å²) in [4.78, 5) is 38.6. The van der Waals surface area contributed by atoms with Crippen LogP contribution in [-0.4, -0.2) is 45.6 Å². The largest absolute Gasteiger partial charge is 0.507 e. The molecule has 4 rings (SSSR count). The Bertz CT molecular complexity index is 1090. The van der Waals surface area contributed by atoms with Crippen molar-refractivity contribution >= 4 is 17.5 Å². The van der Waals surface area contributed by atoms with E-state index in [1.54, 1.807) is 6.92 Å². The quantitative estimate of drug-likeness (QED) is 0.568. The standard InChI is InChI=1S/C22H20O7/c1-3-22(28)8-7-10-12(17(22)21(27)29-2)9-13-16(19(10)25)20(26)15-11(18(13)24)5-4-6-14(15)23/h4-6,9,17,23,25,28H,3,7-8H2,1-2H3/t17?,22-/m1/s1. The average molecular weight is 396 g/mol. The number of hydrogen-bond donors (Lipinski definition) is 3. The molecule has 2 aliphatic carbocycles. The van der Waals surface area contributed by atoms with E-state index in [-0.39, 0.29) is 52.8 Å². The first kappa shape index (κ1) is 19.1. The SMILES string of the molecule is CC[C@@]1(O)CCc2c(cc3c(c2O)C(=O)c2c(O)cccc2C3=O)C1C(=O)OC. The highest BCUT2D eigenvalue weighted by Gasteiger charge is 2.48. The van der Waals surface area contributed by atoms with Crippen molar-refractivity contribution in [3.05, 3.63) is 57.6 Å². The van der Waals surface area contributed by atoms with Crippen LogP contribution in [0.4, 0.5) is 0 Å². The second-order valence-corrected chi connectivity index (χ2v) is 7.49. The van der Waals surface area contributed by atoms with Crippen molar-refractivity contribution in [2.75, 3.05) is 7.11 Å². The molecule has 2 aromatic carbocycles. The average Bonchev–Trinajstić information content (AvgIpc) is 2.71. The fraction of sp³-hybridized carbons (Fsp3) is 0.318. The number of phenols is 2. The molecular formula is C22H20O7. The number of ether oxygens (including phenoxy) is 1. The maximum atomic E-state index is 13.1. The van der Waals surface area contributed by atoms with Gasteiger partial charge in [0.2, 0.25) is 5.78 Å². The van der Waals surface area contributed by atoms with E-state index >= 15 is 0 Å². The van der Waals surface area contributed by atoms with Crippen LogP contribution >= 0.6 is 0 Å². The molecule has 1 unspecified atom stereocenters. The van der Waals surface area contributed by atoms with E-state index in [2.05, 4.69) is 0 Å². The molecule has 0 heterocycles. The molecule has 0 saturated heterocycles. The topological polar surface area (TPSA) is 121 Å². The number of carbonyl (C=O) groups is 3. The Balaban J connectivity index is 2.01. The molecule has 0 saturated carbocycles. The zero-order chi connectivity index (χ0) is 21.1. The Kier molecular flexibility index (Phi) is 4.24. The summed E-state index contributed by atoms with van der Waals surface area (Å²) in [5.41, 5.74) is -1.14. The van der Waals surface area contributed by atoms with Gasteiger partial charge in [-0.1, -0.05) is 19.1 Å². The van der Waals surface area contributed by atoms with Crippen molar-refractivity contribution in [2.24, 2.45) is 0 Å². The molecule has 0 amide bonds. The van der Waals surface area contributed by atoms with Crippen LogP contribution in [-0.2, 0) is 16.0 Å². The van der Waals surface area contributed by atoms with Gasteiger partial charge in [0, 0.05) is 11.1 Å². The van der Waals surface area contributed by atoms with Crippen LogP contribution in [0.3, 0.4) is 0 Å². The highest BCUT2D eigenvalue weighted by atomic mass is 16.5. The van der Waals surface area contributed by atoms with E-state index in [4.69, 9.17) is 4.74 Å². The number of methoxy groups -OCH3 is 1. The number of fused-ring (bicyclic) bond motifs is 3. The minimum Gasteiger partial charge on any atom is -0.507 e. The van der Waals surface area contributed by atoms with Gasteiger partial charge >= 0.3 is 5.97 Å². The Hall–Kier alpha value is -3.19. The van der Waals surface area contributed by atoms with E-state index in [0.29, 0.717) is 5.56 Å². The lowest BCUT2D eigenvalue weighted by Crippen LogP contribution is -2.44. The van der Waals surface area contributed by atoms with Crippen LogP contribution in [0.25, 0.3) is 0 Å². The first-order valence-corrected chi connectivity index (χ1v) is 9.35. The zero-order valence-corrected chi connectivity index (χ0v) is 16.0. The van der Waals surface area contributed by atoms with Gasteiger partial charge in [0.1, 0.15) is 17.4 Å². The second kappa shape index (κ2) is 6.42. The molecule has 0 bridgehead atoms. The molecule has 0 fully saturated rings. The van der Waals surface area contributed by atoms with Gasteiger partial charge in [-0.2, -0.15) is 0 Å². The first-order chi connectivity index (χ1) is 13.7. The van der Waals surface area contributed by atoms with Crippen molar-refractivity contribution in [1.29, 1.82) is 0 Å². The predicted molar refractivity (Wildman–Crippen MR) is 101 cm³/mol. The fourth-order valence-corrected chi connectivity index (χ4v) is 4.52. The number of rotatable bonds is 2. The lowest BCUT2D eigenvalue weighted by molar-refractivity contribution is -0.151. The first-order valence-electron chi connectivity index (χ1n) is 9.35. The molecule has 150 valence electrons. The molecule has 0 aromatic heterocycles. The molecule has 7 nitrogen and oxygen atoms in total. The van der Waals surface area contributed by atoms with Crippen molar-refractivity contribution in [1.82, 2.24) is 0 Å². The van der Waals surface area contributed by atoms with E-state index < -0.39 is 34.8 Å². The highest BCUT2D eigenvalue weighted by molar-refractivity contribution is 6.30. The third-order valence-corrected chi connectivity index (χ3v) is 6.13. The van der Waals surface area contributed by atoms with Crippen LogP contribution in [0.1, 0.15) is 68.7 Å². The second-order valence-electron chi connectivity index (χ2n) is 7.49. The number of carbonyl (C=O) groups excluding carboxylic acids is 3. The van der Waals surface area contributed by atoms with Gasteiger partial charge in [-0.05, 0) is 42.5 Å². The molecule has 0 radical (unpaired) electrons. The molecule has 7 heteroatoms. The Morgan fingerprint density at radius 2 is 1.90 bits per heavy atom. The Morgan fingerprint density at radius 1 is 1.17 bits per heavy atom. The molecule has 2 aliphatic rings. The Morgan fingerprint density at radius 3 is 2.55 bits per heavy atom. The van der Waals surface area contributed by atoms with Gasteiger partial charge in [-0.3, -0.25) is 14.4 Å². The molecule has 0 spiro atoms. The van der Waals surface area contributed by atoms with Crippen LogP contribution in [0.5, 0.6) is 11.5 Å². The van der Waals surface area contributed by atoms with Crippen molar-refractivity contribution < 1.29 is 34.4 Å². The van der Waals surface area contributed by atoms with E-state index in [1.165, 1.54) is 31.4 Å². The van der Waals surface area contributed by atoms with Gasteiger partial charge in [-0.15, -0.1) is 0 Å². The van der Waals surface area contributed by atoms with Crippen LogP contribution in [0.2, 0.25) is 0 Å². The number of benzene rings is 2. The van der Waals surface area contributed by atoms with Gasteiger partial charge in [0.15, 0.2) is 5.78 Å². The predicted octanol–water partition coefficient (Wildman–Crippen LogP) is 2.22. The third-order valence-electron chi connectivity index (χ3n) is 6.13. The summed E-state index contributed by atoms with van der Waals surface area (Å²) in [6, 6.07) is 5.59. The number of aliphatic hydroxyl groups is 1. The summed E-state index contributed by atoms with van der Waals surface area (Å²) >= 11 is 0. The molecule has 2 aromatic rings. The van der Waals surface area contributed by atoms with Gasteiger partial charge in [-0.25, -0.2) is 0 Å². The van der Waals surface area contributed by atoms with E-state index in [9.17, 15) is 29.7 Å². The molecule has 3 N–H and O–H groups in total. The van der Waals surface area contributed by atoms with Gasteiger partial charge in [0.25, 0.3) is 0 Å². The summed E-state index contributed by atoms with van der Waals surface area (Å²) in [6.07, 6.45) is 0.682. The number of hydrogen-bond acceptors (Lipinski definition) is 7. The molecule has 2 atom stereocenters. The molecule has 29 heavy (non-hydrogen) atoms. The fourth-order valence-electron chi connectivity index (χ4n) is 4.52. The van der Waals surface area contributed by atoms with Crippen molar-refractivity contribution in [2.45, 2.75) is 37.7 Å². The van der Waals surface area contributed by atoms with Crippen LogP contribution < -0.4 is 0 Å². The summed E-state index contributed by atoms with van der Waals surface area (Å²) in [5.74, 6) is -3.70. The van der Waals surface area contributed by atoms with Crippen LogP contribution in [0.15, 0.2) is 24.3 Å². The Labute approximate surface area is 166 Å². The number of aromatic hydroxyl groups is 2.